The molecule has 0 unspecified atom stereocenters. The molecule has 0 amide bonds. The number of rotatable bonds is 6. The second-order valence-electron chi connectivity index (χ2n) is 23.3. The van der Waals surface area contributed by atoms with Crippen LogP contribution in [0.5, 0.6) is 11.5 Å². The van der Waals surface area contributed by atoms with Gasteiger partial charge in [0.05, 0.1) is 64.4 Å². The number of H-pyrrole nitrogens is 2. The van der Waals surface area contributed by atoms with Crippen molar-refractivity contribution >= 4 is 188 Å². The maximum absolute atomic E-state index is 6.33. The highest BCUT2D eigenvalue weighted by atomic mass is 35.5. The number of hydrogen-bond donors (Lipinski definition) is 2. The van der Waals surface area contributed by atoms with Crippen molar-refractivity contribution in [3.05, 3.63) is 112 Å². The average molecular weight is 1480 g/mol. The first kappa shape index (κ1) is 73.1. The predicted molar refractivity (Wildman–Crippen MR) is 403 cm³/mol. The van der Waals surface area contributed by atoms with Crippen LogP contribution in [0.25, 0.3) is 77.4 Å². The molecule has 1 aliphatic rings. The van der Waals surface area contributed by atoms with E-state index in [2.05, 4.69) is 128 Å². The van der Waals surface area contributed by atoms with Crippen LogP contribution in [0.3, 0.4) is 0 Å². The molecule has 0 aliphatic carbocycles. The molecule has 0 bridgehead atoms. The maximum atomic E-state index is 6.33. The third kappa shape index (κ3) is 17.1. The second kappa shape index (κ2) is 31.3. The van der Waals surface area contributed by atoms with Gasteiger partial charge in [0.1, 0.15) is 51.1 Å². The molecule has 480 valence electrons. The van der Waals surface area contributed by atoms with Crippen LogP contribution in [0, 0.1) is 41.5 Å². The van der Waals surface area contributed by atoms with Gasteiger partial charge in [0.15, 0.2) is 0 Å². The lowest BCUT2D eigenvalue weighted by Gasteiger charge is -2.32. The highest BCUT2D eigenvalue weighted by Crippen LogP contribution is 2.43. The third-order valence-corrected chi connectivity index (χ3v) is 37.1. The summed E-state index contributed by atoms with van der Waals surface area (Å²) < 4.78 is 34.2. The fraction of sp³-hybridized carbons (Fsp3) is 0.390. The van der Waals surface area contributed by atoms with Crippen molar-refractivity contribution < 1.29 is 27.8 Å². The summed E-state index contributed by atoms with van der Waals surface area (Å²) in [5.41, 5.74) is 13.3. The summed E-state index contributed by atoms with van der Waals surface area (Å²) in [5.74, 6) is 4.28. The van der Waals surface area contributed by atoms with Gasteiger partial charge in [-0.25, -0.2) is 19.9 Å². The fourth-order valence-corrected chi connectivity index (χ4v) is 34.6. The van der Waals surface area contributed by atoms with E-state index in [1.165, 1.54) is 23.3 Å². The summed E-state index contributed by atoms with van der Waals surface area (Å²) in [7, 11) is 21.1. The van der Waals surface area contributed by atoms with Crippen molar-refractivity contribution in [2.45, 2.75) is 140 Å². The summed E-state index contributed by atoms with van der Waals surface area (Å²) >= 11 is 15.7. The number of pyridine rings is 2. The summed E-state index contributed by atoms with van der Waals surface area (Å²) in [6.07, 6.45) is 7.53. The largest absolute Gasteiger partial charge is 0.496 e. The van der Waals surface area contributed by atoms with E-state index in [4.69, 9.17) is 71.8 Å². The van der Waals surface area contributed by atoms with Crippen LogP contribution in [-0.2, 0) is 140 Å². The van der Waals surface area contributed by atoms with Gasteiger partial charge in [0.2, 0.25) is 0 Å². The molecule has 8 aromatic heterocycles. The van der Waals surface area contributed by atoms with Crippen molar-refractivity contribution in [3.63, 3.8) is 0 Å². The Balaban J connectivity index is 0.000000179. The van der Waals surface area contributed by atoms with Gasteiger partial charge in [-0.1, -0.05) is 76.9 Å². The molecule has 0 radical (unpaired) electrons. The number of halogens is 1. The Labute approximate surface area is 571 Å². The molecule has 2 N–H and O–H groups in total. The average Bonchev–Trinajstić information content (AvgIpc) is 1.60. The first-order chi connectivity index (χ1) is 42.1. The van der Waals surface area contributed by atoms with Gasteiger partial charge in [-0.3, -0.25) is 9.97 Å². The van der Waals surface area contributed by atoms with Crippen molar-refractivity contribution in [2.24, 2.45) is 0 Å². The van der Waals surface area contributed by atoms with Gasteiger partial charge in [-0.2, -0.15) is 0 Å². The molecule has 1 saturated heterocycles. The van der Waals surface area contributed by atoms with Gasteiger partial charge < -0.3 is 37.8 Å². The first-order valence-electron chi connectivity index (χ1n) is 27.2. The zero-order chi connectivity index (χ0) is 64.8. The fourth-order valence-electron chi connectivity index (χ4n) is 9.55. The number of hydrogen-bond acceptors (Lipinski definition) is 16. The number of nitrogens with zero attached hydrogens (tertiary/aromatic N) is 8. The predicted octanol–water partition coefficient (Wildman–Crippen LogP) is 13.7. The lowest BCUT2D eigenvalue weighted by atomic mass is 9.77. The van der Waals surface area contributed by atoms with Crippen molar-refractivity contribution in [2.75, 3.05) is 14.2 Å². The number of methoxy groups -OCH3 is 2. The van der Waals surface area contributed by atoms with E-state index in [1.54, 1.807) is 94.1 Å². The Hall–Kier alpha value is -4.35. The first-order valence-corrected chi connectivity index (χ1v) is 43.6. The van der Waals surface area contributed by atoms with Gasteiger partial charge in [-0.15, -0.1) is 0 Å². The van der Waals surface area contributed by atoms with E-state index < -0.39 is 0 Å². The van der Waals surface area contributed by atoms with E-state index in [-0.39, 0.29) is 36.6 Å². The lowest BCUT2D eigenvalue weighted by molar-refractivity contribution is 0.00578. The smallest absolute Gasteiger partial charge is 0.496 e. The Morgan fingerprint density at radius 3 is 1.40 bits per heavy atom. The van der Waals surface area contributed by atoms with Crippen LogP contribution < -0.4 is 14.9 Å². The van der Waals surface area contributed by atoms with E-state index in [9.17, 15) is 0 Å². The SMILES string of the molecule is C.CC(C)(C)c1cncc(B2OC(C)(C)C(C)(C)O2)c1.COc1cc2c(cc1-c1c(C)noc1C)[nH]c1nc(C)nc(-c3cncc(C(C)(C)C)c3)c12.COc1cc2c(cc1-c1c(C)noc1C)[nH]c1nc(C)nc(Cl)c12.S=S=S=S=S=S=S=S=S=S=S=S=S. The minimum Gasteiger partial charge on any atom is -0.496 e. The Morgan fingerprint density at radius 2 is 0.967 bits per heavy atom. The normalized spacial score (nSPS) is 13.1. The molecule has 0 saturated carbocycles. The summed E-state index contributed by atoms with van der Waals surface area (Å²) in [5, 5.41) is 12.2. The summed E-state index contributed by atoms with van der Waals surface area (Å²) in [6, 6.07) is 12.4. The molecule has 1 fully saturated rings. The number of nitrogens with one attached hydrogen (secondary N) is 2. The Bertz CT molecular complexity index is 4770. The van der Waals surface area contributed by atoms with Crippen molar-refractivity contribution in [1.29, 1.82) is 0 Å². The zero-order valence-electron chi connectivity index (χ0n) is 52.1. The molecule has 31 heteroatoms. The lowest BCUT2D eigenvalue weighted by Crippen LogP contribution is -2.41. The number of aromatic amines is 2. The highest BCUT2D eigenvalue weighted by Gasteiger charge is 2.52. The van der Waals surface area contributed by atoms with E-state index >= 15 is 0 Å². The van der Waals surface area contributed by atoms with Crippen LogP contribution in [-0.4, -0.2) is 82.7 Å². The molecule has 90 heavy (non-hydrogen) atoms. The molecular formula is C59H70BClN10O6S13. The molecule has 0 spiro atoms. The summed E-state index contributed by atoms with van der Waals surface area (Å²) in [6.45, 7) is 32.7. The molecule has 2 aromatic carbocycles. The molecule has 1 aliphatic heterocycles. The van der Waals surface area contributed by atoms with Crippen LogP contribution in [0.1, 0.15) is 122 Å². The zero-order valence-corrected chi connectivity index (χ0v) is 63.4. The van der Waals surface area contributed by atoms with Crippen LogP contribution >= 0.6 is 11.6 Å². The Kier molecular flexibility index (Phi) is 25.4. The number of benzene rings is 2. The van der Waals surface area contributed by atoms with E-state index in [0.717, 1.165) is 117 Å². The van der Waals surface area contributed by atoms with E-state index in [1.807, 2.05) is 84.5 Å². The van der Waals surface area contributed by atoms with Crippen LogP contribution in [0.4, 0.5) is 0 Å². The number of aryl methyl sites for hydroxylation is 6. The topological polar surface area (TPSA) is 198 Å². The monoisotopic (exact) mass is 1480 g/mol. The van der Waals surface area contributed by atoms with Crippen molar-refractivity contribution in [1.82, 2.24) is 50.2 Å². The summed E-state index contributed by atoms with van der Waals surface area (Å²) in [4.78, 5) is 33.9. The molecule has 11 rings (SSSR count). The highest BCUT2D eigenvalue weighted by molar-refractivity contribution is 8.75. The van der Waals surface area contributed by atoms with Crippen LogP contribution in [0.2, 0.25) is 5.15 Å². The second-order valence-corrected chi connectivity index (χ2v) is 43.1. The van der Waals surface area contributed by atoms with Crippen molar-refractivity contribution in [3.8, 4) is 45.0 Å². The quantitative estimate of drug-likeness (QED) is 0.118. The maximum Gasteiger partial charge on any atom is 0.496 e. The van der Waals surface area contributed by atoms with Crippen LogP contribution in [0.15, 0.2) is 70.2 Å². The van der Waals surface area contributed by atoms with Gasteiger partial charge in [0, 0.05) is 189 Å². The van der Waals surface area contributed by atoms with Gasteiger partial charge in [0.25, 0.3) is 0 Å². The van der Waals surface area contributed by atoms with E-state index in [0.29, 0.717) is 22.4 Å². The minimum atomic E-state index is -0.334. The Morgan fingerprint density at radius 1 is 0.544 bits per heavy atom. The molecule has 0 atom stereocenters. The molecule has 16 nitrogen and oxygen atoms in total. The van der Waals surface area contributed by atoms with Gasteiger partial charge in [-0.05, 0) is 122 Å². The molecule has 10 aromatic rings. The third-order valence-electron chi connectivity index (χ3n) is 14.6. The molecule has 9 heterocycles. The number of aromatic nitrogens is 10. The molecular weight excluding hydrogens is 1410 g/mol. The standard InChI is InChI=1S/C26H27N5O2.C17H15ClN4O2.C15H24BNO2.CH4.S13/c1-13-22(14(2)33-31-13)19-9-20-18(10-21(19)32-7)23-24(28-15(3)29-25(23)30-20)16-8-17(12-27-11-16)26(4,5)6;1-7-14(8(2)24-22-7)11-5-12-10(6-13(11)23-4)15-16(18)19-9(3)20-17(15)21-12;1-13(2,3)11-8-12(10-17-9-11)16-18-14(4,5)15(6,7)19-16;;1-3-5-7-9-11-13-12-10-8-6-4-2/h8-12H,1-7H3,(H,28,29,30);5-6H,1-4H3,(H,19,20,21);8-10H,1-7H3;1H4;. The number of fused-ring (bicyclic) bond motifs is 6. The van der Waals surface area contributed by atoms with Gasteiger partial charge >= 0.3 is 7.12 Å². The minimum absolute atomic E-state index is 0. The number of ether oxygens (including phenoxy) is 2.